The lowest BCUT2D eigenvalue weighted by Gasteiger charge is -2.12. The molecule has 100 valence electrons. The minimum atomic E-state index is 0.0700. The predicted octanol–water partition coefficient (Wildman–Crippen LogP) is 4.45. The van der Waals surface area contributed by atoms with Crippen LogP contribution in [0.2, 0.25) is 5.02 Å². The van der Waals surface area contributed by atoms with Gasteiger partial charge in [-0.2, -0.15) is 11.8 Å². The average molecular weight is 287 g/mol. The molecule has 18 heavy (non-hydrogen) atoms. The van der Waals surface area contributed by atoms with E-state index < -0.39 is 0 Å². The molecule has 0 aromatic heterocycles. The van der Waals surface area contributed by atoms with Crippen molar-refractivity contribution in [2.75, 3.05) is 5.75 Å². The monoisotopic (exact) mass is 286 g/mol. The van der Waals surface area contributed by atoms with Crippen molar-refractivity contribution in [2.24, 2.45) is 0 Å². The Kier molecular flexibility index (Phi) is 6.03. The molecule has 1 rings (SSSR count). The second kappa shape index (κ2) is 7.05. The summed E-state index contributed by atoms with van der Waals surface area (Å²) >= 11 is 7.73. The number of thioether (sulfide) groups is 1. The number of carbonyl (C=O) groups excluding carboxylic acids is 1. The van der Waals surface area contributed by atoms with Gasteiger partial charge in [-0.15, -0.1) is 0 Å². The number of ketones is 1. The highest BCUT2D eigenvalue weighted by Crippen LogP contribution is 2.27. The van der Waals surface area contributed by atoms with Gasteiger partial charge in [-0.3, -0.25) is 4.79 Å². The van der Waals surface area contributed by atoms with E-state index in [2.05, 4.69) is 13.8 Å². The van der Waals surface area contributed by atoms with E-state index in [9.17, 15) is 4.79 Å². The molecule has 4 heteroatoms. The molecule has 0 unspecified atom stereocenters. The van der Waals surface area contributed by atoms with Gasteiger partial charge in [0.15, 0.2) is 5.78 Å². The van der Waals surface area contributed by atoms with E-state index >= 15 is 0 Å². The highest BCUT2D eigenvalue weighted by Gasteiger charge is 2.11. The minimum Gasteiger partial charge on any atom is -0.489 e. The summed E-state index contributed by atoms with van der Waals surface area (Å²) in [6.45, 7) is 8.03. The molecule has 1 aromatic carbocycles. The van der Waals surface area contributed by atoms with Gasteiger partial charge >= 0.3 is 0 Å². The molecule has 0 fully saturated rings. The van der Waals surface area contributed by atoms with Crippen LogP contribution in [0.4, 0.5) is 0 Å². The number of hydrogen-bond acceptors (Lipinski definition) is 3. The summed E-state index contributed by atoms with van der Waals surface area (Å²) in [7, 11) is 0. The molecule has 0 N–H and O–H groups in total. The molecule has 0 radical (unpaired) electrons. The lowest BCUT2D eigenvalue weighted by molar-refractivity contribution is 0.102. The Morgan fingerprint density at radius 3 is 2.50 bits per heavy atom. The Bertz CT molecular complexity index is 416. The largest absolute Gasteiger partial charge is 0.489 e. The molecule has 0 atom stereocenters. The first-order valence-corrected chi connectivity index (χ1v) is 7.44. The van der Waals surface area contributed by atoms with Crippen molar-refractivity contribution in [2.45, 2.75) is 39.0 Å². The van der Waals surface area contributed by atoms with Crippen molar-refractivity contribution in [3.63, 3.8) is 0 Å². The van der Waals surface area contributed by atoms with Crippen LogP contribution < -0.4 is 4.74 Å². The number of rotatable bonds is 6. The van der Waals surface area contributed by atoms with Gasteiger partial charge in [0.1, 0.15) is 5.75 Å². The third-order valence-electron chi connectivity index (χ3n) is 2.16. The van der Waals surface area contributed by atoms with E-state index in [0.717, 1.165) is 0 Å². The molecule has 0 bridgehead atoms. The zero-order valence-electron chi connectivity index (χ0n) is 11.2. The third kappa shape index (κ3) is 4.91. The van der Waals surface area contributed by atoms with Crippen LogP contribution in [0.5, 0.6) is 5.75 Å². The van der Waals surface area contributed by atoms with Crippen molar-refractivity contribution in [1.82, 2.24) is 0 Å². The van der Waals surface area contributed by atoms with E-state index in [0.29, 0.717) is 27.3 Å². The Balaban J connectivity index is 2.74. The Morgan fingerprint density at radius 1 is 1.33 bits per heavy atom. The highest BCUT2D eigenvalue weighted by atomic mass is 35.5. The standard InChI is InChI=1S/C14H19ClO2S/c1-9(2)17-14-6-5-11(7-12(14)15)13(16)8-18-10(3)4/h5-7,9-10H,8H2,1-4H3. The first-order valence-electron chi connectivity index (χ1n) is 6.01. The third-order valence-corrected chi connectivity index (χ3v) is 3.56. The smallest absolute Gasteiger partial charge is 0.172 e. The van der Waals surface area contributed by atoms with Crippen LogP contribution in [0, 0.1) is 0 Å². The number of carbonyl (C=O) groups is 1. The molecule has 0 spiro atoms. The van der Waals surface area contributed by atoms with Crippen molar-refractivity contribution < 1.29 is 9.53 Å². The summed E-state index contributed by atoms with van der Waals surface area (Å²) in [5.74, 6) is 1.21. The maximum absolute atomic E-state index is 11.9. The lowest BCUT2D eigenvalue weighted by atomic mass is 10.1. The Morgan fingerprint density at radius 2 is 2.00 bits per heavy atom. The molecule has 0 saturated heterocycles. The van der Waals surface area contributed by atoms with Crippen LogP contribution in [0.15, 0.2) is 18.2 Å². The summed E-state index contributed by atoms with van der Waals surface area (Å²) < 4.78 is 5.53. The maximum Gasteiger partial charge on any atom is 0.172 e. The van der Waals surface area contributed by atoms with E-state index in [1.54, 1.807) is 30.0 Å². The predicted molar refractivity (Wildman–Crippen MR) is 79.1 cm³/mol. The van der Waals surface area contributed by atoms with Gasteiger partial charge in [0, 0.05) is 5.56 Å². The first-order chi connectivity index (χ1) is 8.40. The normalized spacial score (nSPS) is 11.1. The molecule has 0 saturated carbocycles. The lowest BCUT2D eigenvalue weighted by Crippen LogP contribution is -2.08. The Hall–Kier alpha value is -0.670. The topological polar surface area (TPSA) is 26.3 Å². The summed E-state index contributed by atoms with van der Waals surface area (Å²) in [6.07, 6.45) is 0.0700. The summed E-state index contributed by atoms with van der Waals surface area (Å²) in [5, 5.41) is 0.942. The van der Waals surface area contributed by atoms with Gasteiger partial charge in [0.2, 0.25) is 0 Å². The number of halogens is 1. The average Bonchev–Trinajstić information content (AvgIpc) is 2.28. The van der Waals surface area contributed by atoms with Crippen molar-refractivity contribution in [1.29, 1.82) is 0 Å². The molecule has 0 aliphatic rings. The fraction of sp³-hybridized carbons (Fsp3) is 0.500. The van der Waals surface area contributed by atoms with Gasteiger partial charge < -0.3 is 4.74 Å². The molecule has 1 aromatic rings. The molecule has 2 nitrogen and oxygen atoms in total. The summed E-state index contributed by atoms with van der Waals surface area (Å²) in [5.41, 5.74) is 0.643. The van der Waals surface area contributed by atoms with Crippen LogP contribution in [-0.4, -0.2) is 22.9 Å². The van der Waals surface area contributed by atoms with Crippen LogP contribution in [0.3, 0.4) is 0 Å². The van der Waals surface area contributed by atoms with Gasteiger partial charge in [-0.1, -0.05) is 25.4 Å². The molecule has 0 aliphatic carbocycles. The molecular formula is C14H19ClO2S. The number of Topliss-reactive ketones (excluding diaryl/α,β-unsaturated/α-hetero) is 1. The minimum absolute atomic E-state index is 0.0700. The van der Waals surface area contributed by atoms with E-state index in [-0.39, 0.29) is 11.9 Å². The number of ether oxygens (including phenoxy) is 1. The molecule has 0 aliphatic heterocycles. The molecule has 0 amide bonds. The molecular weight excluding hydrogens is 268 g/mol. The van der Waals surface area contributed by atoms with E-state index in [1.807, 2.05) is 13.8 Å². The van der Waals surface area contributed by atoms with Crippen LogP contribution in [0.25, 0.3) is 0 Å². The van der Waals surface area contributed by atoms with Crippen molar-refractivity contribution in [3.8, 4) is 5.75 Å². The van der Waals surface area contributed by atoms with Gasteiger partial charge in [0.05, 0.1) is 16.9 Å². The number of hydrogen-bond donors (Lipinski definition) is 0. The van der Waals surface area contributed by atoms with Crippen LogP contribution >= 0.6 is 23.4 Å². The second-order valence-corrected chi connectivity index (χ2v) is 6.57. The van der Waals surface area contributed by atoms with Gasteiger partial charge in [-0.25, -0.2) is 0 Å². The fourth-order valence-corrected chi connectivity index (χ4v) is 2.23. The van der Waals surface area contributed by atoms with Crippen LogP contribution in [-0.2, 0) is 0 Å². The molecule has 0 heterocycles. The van der Waals surface area contributed by atoms with Gasteiger partial charge in [-0.05, 0) is 37.3 Å². The van der Waals surface area contributed by atoms with Crippen molar-refractivity contribution in [3.05, 3.63) is 28.8 Å². The highest BCUT2D eigenvalue weighted by molar-refractivity contribution is 8.00. The fourth-order valence-electron chi connectivity index (χ4n) is 1.35. The van der Waals surface area contributed by atoms with Gasteiger partial charge in [0.25, 0.3) is 0 Å². The zero-order chi connectivity index (χ0) is 13.7. The first kappa shape index (κ1) is 15.4. The zero-order valence-corrected chi connectivity index (χ0v) is 12.8. The van der Waals surface area contributed by atoms with Crippen LogP contribution in [0.1, 0.15) is 38.1 Å². The Labute approximate surface area is 118 Å². The summed E-state index contributed by atoms with van der Waals surface area (Å²) in [4.78, 5) is 11.9. The SMILES string of the molecule is CC(C)Oc1ccc(C(=O)CSC(C)C)cc1Cl. The van der Waals surface area contributed by atoms with E-state index in [1.165, 1.54) is 0 Å². The quantitative estimate of drug-likeness (QED) is 0.723. The number of benzene rings is 1. The van der Waals surface area contributed by atoms with Crippen molar-refractivity contribution >= 4 is 29.1 Å². The van der Waals surface area contributed by atoms with E-state index in [4.69, 9.17) is 16.3 Å². The maximum atomic E-state index is 11.9. The second-order valence-electron chi connectivity index (χ2n) is 4.59. The summed E-state index contributed by atoms with van der Waals surface area (Å²) in [6, 6.07) is 5.21.